The van der Waals surface area contributed by atoms with Crippen molar-refractivity contribution in [1.29, 1.82) is 0 Å². The molecule has 0 spiro atoms. The summed E-state index contributed by atoms with van der Waals surface area (Å²) in [6.07, 6.45) is 1.84. The lowest BCUT2D eigenvalue weighted by molar-refractivity contribution is -0.150. The second-order valence-electron chi connectivity index (χ2n) is 8.91. The lowest BCUT2D eigenvalue weighted by atomic mass is 9.92. The van der Waals surface area contributed by atoms with Crippen molar-refractivity contribution in [2.24, 2.45) is 22.1 Å². The maximum Gasteiger partial charge on any atom is 0.324 e. The first-order valence-corrected chi connectivity index (χ1v) is 11.0. The molecule has 2 amide bonds. The van der Waals surface area contributed by atoms with Crippen molar-refractivity contribution in [2.75, 3.05) is 5.32 Å². The molecule has 1 heterocycles. The minimum atomic E-state index is -0.748. The van der Waals surface area contributed by atoms with Gasteiger partial charge in [-0.05, 0) is 29.5 Å². The predicted octanol–water partition coefficient (Wildman–Crippen LogP) is 3.29. The van der Waals surface area contributed by atoms with E-state index in [1.807, 2.05) is 34.6 Å². The number of anilines is 1. The van der Waals surface area contributed by atoms with E-state index in [0.717, 1.165) is 17.4 Å². The summed E-state index contributed by atoms with van der Waals surface area (Å²) in [7, 11) is 0. The molecule has 32 heavy (non-hydrogen) atoms. The Labute approximate surface area is 190 Å². The van der Waals surface area contributed by atoms with Gasteiger partial charge in [-0.1, -0.05) is 34.6 Å². The minimum Gasteiger partial charge on any atom is -0.443 e. The molecule has 8 nitrogen and oxygen atoms in total. The molecule has 0 aliphatic rings. The average molecular weight is 465 g/mol. The molecule has 10 heteroatoms. The lowest BCUT2D eigenvalue weighted by Crippen LogP contribution is -2.37. The zero-order chi connectivity index (χ0) is 24.1. The summed E-state index contributed by atoms with van der Waals surface area (Å²) >= 11 is 1.16. The normalized spacial score (nSPS) is 13.2. The molecule has 0 saturated carbocycles. The van der Waals surface area contributed by atoms with Crippen LogP contribution < -0.4 is 15.9 Å². The van der Waals surface area contributed by atoms with Crippen LogP contribution in [0.3, 0.4) is 0 Å². The highest BCUT2D eigenvalue weighted by molar-refractivity contribution is 7.07. The third-order valence-electron chi connectivity index (χ3n) is 4.37. The Bertz CT molecular complexity index is 1050. The molecule has 0 unspecified atom stereocenters. The van der Waals surface area contributed by atoms with E-state index < -0.39 is 23.7 Å². The Hall–Kier alpha value is -2.85. The highest BCUT2D eigenvalue weighted by atomic mass is 32.1. The topological polar surface area (TPSA) is 116 Å². The molecule has 3 N–H and O–H groups in total. The molecule has 0 aliphatic carbocycles. The second-order valence-corrected chi connectivity index (χ2v) is 9.79. The third kappa shape index (κ3) is 7.38. The Kier molecular flexibility index (Phi) is 8.45. The van der Waals surface area contributed by atoms with E-state index in [-0.39, 0.29) is 46.4 Å². The van der Waals surface area contributed by atoms with Gasteiger partial charge in [0.15, 0.2) is 11.5 Å². The molecule has 2 rings (SSSR count). The molecule has 1 atom stereocenters. The highest BCUT2D eigenvalue weighted by Crippen LogP contribution is 2.21. The number of benzene rings is 1. The van der Waals surface area contributed by atoms with Gasteiger partial charge in [-0.3, -0.25) is 19.0 Å². The van der Waals surface area contributed by atoms with Crippen LogP contribution in [0.4, 0.5) is 10.1 Å². The highest BCUT2D eigenvalue weighted by Gasteiger charge is 2.19. The number of nitrogens with one attached hydrogen (secondary N) is 1. The number of carbonyl (C=O) groups excluding carboxylic acids is 3. The van der Waals surface area contributed by atoms with Gasteiger partial charge in [0.05, 0.1) is 5.69 Å². The van der Waals surface area contributed by atoms with Crippen molar-refractivity contribution in [1.82, 2.24) is 4.57 Å². The van der Waals surface area contributed by atoms with Gasteiger partial charge in [0.25, 0.3) is 5.91 Å². The first-order chi connectivity index (χ1) is 14.9. The van der Waals surface area contributed by atoms with Crippen LogP contribution in [0.5, 0.6) is 0 Å². The van der Waals surface area contributed by atoms with Crippen LogP contribution in [-0.2, 0) is 21.1 Å². The number of esters is 1. The summed E-state index contributed by atoms with van der Waals surface area (Å²) in [5.41, 5.74) is 5.54. The smallest absolute Gasteiger partial charge is 0.324 e. The molecule has 0 fully saturated rings. The molecule has 2 aromatic rings. The summed E-state index contributed by atoms with van der Waals surface area (Å²) in [4.78, 5) is 40.8. The van der Waals surface area contributed by atoms with Crippen LogP contribution in [0.25, 0.3) is 0 Å². The molecule has 1 aromatic heterocycles. The number of hydrogen-bond acceptors (Lipinski definition) is 6. The summed E-state index contributed by atoms with van der Waals surface area (Å²) in [6, 6.07) is 3.00. The number of halogens is 1. The molecule has 0 bridgehead atoms. The Morgan fingerprint density at radius 2 is 1.97 bits per heavy atom. The zero-order valence-electron chi connectivity index (χ0n) is 18.8. The van der Waals surface area contributed by atoms with Gasteiger partial charge < -0.3 is 15.8 Å². The number of ether oxygens (including phenoxy) is 1. The van der Waals surface area contributed by atoms with Crippen molar-refractivity contribution in [2.45, 2.75) is 53.8 Å². The van der Waals surface area contributed by atoms with E-state index in [0.29, 0.717) is 0 Å². The lowest BCUT2D eigenvalue weighted by Gasteiger charge is -2.17. The summed E-state index contributed by atoms with van der Waals surface area (Å²) in [5, 5.41) is 4.19. The molecule has 1 aromatic carbocycles. The fraction of sp³-hybridized carbons (Fsp3) is 0.455. The van der Waals surface area contributed by atoms with Gasteiger partial charge in [0.1, 0.15) is 11.9 Å². The van der Waals surface area contributed by atoms with Crippen molar-refractivity contribution < 1.29 is 23.5 Å². The van der Waals surface area contributed by atoms with Gasteiger partial charge in [-0.2, -0.15) is 4.99 Å². The van der Waals surface area contributed by atoms with E-state index in [9.17, 15) is 18.8 Å². The van der Waals surface area contributed by atoms with Crippen molar-refractivity contribution in [3.63, 3.8) is 0 Å². The number of nitrogens with zero attached hydrogens (tertiary/aromatic N) is 2. The molecular weight excluding hydrogens is 435 g/mol. The van der Waals surface area contributed by atoms with Crippen LogP contribution in [0, 0.1) is 17.2 Å². The SMILES string of the molecule is CC(C)[C@H](N)C(=O)OCn1ccsc1=NC(=O)c1ccc(NC(=O)CC(C)(C)C)c(F)c1. The number of amides is 2. The maximum absolute atomic E-state index is 14.4. The predicted molar refractivity (Wildman–Crippen MR) is 120 cm³/mol. The van der Waals surface area contributed by atoms with Crippen molar-refractivity contribution in [3.05, 3.63) is 46.0 Å². The van der Waals surface area contributed by atoms with E-state index in [2.05, 4.69) is 10.3 Å². The Balaban J connectivity index is 2.11. The monoisotopic (exact) mass is 464 g/mol. The minimum absolute atomic E-state index is 0.00427. The second kappa shape index (κ2) is 10.6. The van der Waals surface area contributed by atoms with Crippen molar-refractivity contribution in [3.8, 4) is 0 Å². The van der Waals surface area contributed by atoms with E-state index in [1.54, 1.807) is 11.6 Å². The van der Waals surface area contributed by atoms with Gasteiger partial charge >= 0.3 is 5.97 Å². The summed E-state index contributed by atoms with van der Waals surface area (Å²) < 4.78 is 21.1. The van der Waals surface area contributed by atoms with Crippen LogP contribution >= 0.6 is 11.3 Å². The average Bonchev–Trinajstić information content (AvgIpc) is 3.12. The molecule has 0 saturated heterocycles. The third-order valence-corrected chi connectivity index (χ3v) is 5.17. The first-order valence-electron chi connectivity index (χ1n) is 10.1. The number of nitrogens with two attached hydrogens (primary N) is 1. The number of aromatic nitrogens is 1. The van der Waals surface area contributed by atoms with E-state index in [4.69, 9.17) is 10.5 Å². The summed E-state index contributed by atoms with van der Waals surface area (Å²) in [6.45, 7) is 9.18. The van der Waals surface area contributed by atoms with E-state index >= 15 is 0 Å². The number of hydrogen-bond donors (Lipinski definition) is 2. The maximum atomic E-state index is 14.4. The van der Waals surface area contributed by atoms with Crippen LogP contribution in [0.2, 0.25) is 0 Å². The number of rotatable bonds is 7. The van der Waals surface area contributed by atoms with Gasteiger partial charge in [-0.25, -0.2) is 4.39 Å². The zero-order valence-corrected chi connectivity index (χ0v) is 19.7. The Morgan fingerprint density at radius 3 is 2.56 bits per heavy atom. The number of thiazole rings is 1. The quantitative estimate of drug-likeness (QED) is 0.610. The molecule has 174 valence electrons. The van der Waals surface area contributed by atoms with Crippen molar-refractivity contribution >= 4 is 34.8 Å². The largest absolute Gasteiger partial charge is 0.443 e. The van der Waals surface area contributed by atoms with Gasteiger partial charge in [0.2, 0.25) is 5.91 Å². The standard InChI is InChI=1S/C22H29FN4O4S/c1-13(2)18(24)20(30)31-12-27-8-9-32-21(27)26-19(29)14-6-7-16(15(23)10-14)25-17(28)11-22(3,4)5/h6-10,13,18H,11-12,24H2,1-5H3,(H,25,28)/t18-/m0/s1. The molecular formula is C22H29FN4O4S. The fourth-order valence-corrected chi connectivity index (χ4v) is 3.28. The molecule has 0 radical (unpaired) electrons. The van der Waals surface area contributed by atoms with E-state index in [1.165, 1.54) is 16.7 Å². The van der Waals surface area contributed by atoms with Gasteiger partial charge in [-0.15, -0.1) is 11.3 Å². The van der Waals surface area contributed by atoms with Crippen LogP contribution in [0.1, 0.15) is 51.4 Å². The molecule has 0 aliphatic heterocycles. The van der Waals surface area contributed by atoms with Crippen LogP contribution in [0.15, 0.2) is 34.8 Å². The first kappa shape index (κ1) is 25.4. The Morgan fingerprint density at radius 1 is 1.28 bits per heavy atom. The van der Waals surface area contributed by atoms with Crippen LogP contribution in [-0.4, -0.2) is 28.4 Å². The number of carbonyl (C=O) groups is 3. The summed E-state index contributed by atoms with van der Waals surface area (Å²) in [5.74, 6) is -2.34. The fourth-order valence-electron chi connectivity index (χ4n) is 2.56. The van der Waals surface area contributed by atoms with Gasteiger partial charge in [0, 0.05) is 23.6 Å².